The average Bonchev–Trinajstić information content (AvgIpc) is 2.48. The Balaban J connectivity index is 2.55. The minimum absolute atomic E-state index is 0.167. The van der Waals surface area contributed by atoms with Crippen molar-refractivity contribution in [3.8, 4) is 0 Å². The third-order valence-corrected chi connectivity index (χ3v) is 6.38. The maximum atomic E-state index is 13.1. The van der Waals surface area contributed by atoms with Crippen molar-refractivity contribution >= 4 is 28.4 Å². The first-order valence-corrected chi connectivity index (χ1v) is 10.0. The summed E-state index contributed by atoms with van der Waals surface area (Å²) in [5.74, 6) is 0.934. The fraction of sp³-hybridized carbons (Fsp3) is 0.944. The molecule has 0 amide bonds. The minimum atomic E-state index is -0.206. The summed E-state index contributed by atoms with van der Waals surface area (Å²) in [6.07, 6.45) is 12.1. The van der Waals surface area contributed by atoms with E-state index in [0.29, 0.717) is 18.3 Å². The van der Waals surface area contributed by atoms with Crippen LogP contribution in [0, 0.1) is 11.3 Å². The third kappa shape index (κ3) is 5.49. The number of carbonyl (C=O) groups is 1. The zero-order valence-corrected chi connectivity index (χ0v) is 16.3. The van der Waals surface area contributed by atoms with Crippen LogP contribution in [-0.4, -0.2) is 23.4 Å². The molecule has 21 heavy (non-hydrogen) atoms. The third-order valence-electron chi connectivity index (χ3n) is 5.19. The van der Waals surface area contributed by atoms with Gasteiger partial charge in [-0.3, -0.25) is 4.79 Å². The van der Waals surface area contributed by atoms with Crippen molar-refractivity contribution in [2.75, 3.05) is 13.7 Å². The number of unbranched alkanes of at least 4 members (excludes halogenated alkanes) is 4. The maximum Gasteiger partial charge on any atom is 0.154 e. The molecule has 0 aromatic carbocycles. The van der Waals surface area contributed by atoms with E-state index in [4.69, 9.17) is 4.74 Å². The molecule has 0 aromatic rings. The molecule has 0 aliphatic heterocycles. The highest BCUT2D eigenvalue weighted by atomic mass is 127. The Labute approximate surface area is 144 Å². The van der Waals surface area contributed by atoms with Crippen molar-refractivity contribution < 1.29 is 9.53 Å². The van der Waals surface area contributed by atoms with Crippen molar-refractivity contribution in [1.82, 2.24) is 0 Å². The largest absolute Gasteiger partial charge is 0.384 e. The van der Waals surface area contributed by atoms with E-state index in [9.17, 15) is 4.79 Å². The molecule has 1 aliphatic carbocycles. The molecule has 1 aliphatic rings. The van der Waals surface area contributed by atoms with Crippen LogP contribution < -0.4 is 0 Å². The Bertz CT molecular complexity index is 302. The lowest BCUT2D eigenvalue weighted by molar-refractivity contribution is -0.137. The summed E-state index contributed by atoms with van der Waals surface area (Å²) in [5, 5.41) is 0. The van der Waals surface area contributed by atoms with Gasteiger partial charge in [0, 0.05) is 7.11 Å². The van der Waals surface area contributed by atoms with Crippen molar-refractivity contribution in [2.45, 2.75) is 82.0 Å². The average molecular weight is 408 g/mol. The van der Waals surface area contributed by atoms with E-state index in [-0.39, 0.29) is 9.34 Å². The second-order valence-corrected chi connectivity index (χ2v) is 8.27. The molecule has 3 heteroatoms. The van der Waals surface area contributed by atoms with Crippen LogP contribution >= 0.6 is 22.6 Å². The van der Waals surface area contributed by atoms with Crippen LogP contribution in [0.25, 0.3) is 0 Å². The highest BCUT2D eigenvalue weighted by Crippen LogP contribution is 2.44. The zero-order valence-electron chi connectivity index (χ0n) is 14.1. The van der Waals surface area contributed by atoms with Gasteiger partial charge < -0.3 is 4.74 Å². The van der Waals surface area contributed by atoms with Gasteiger partial charge in [-0.15, -0.1) is 0 Å². The van der Waals surface area contributed by atoms with Gasteiger partial charge in [-0.05, 0) is 25.2 Å². The van der Waals surface area contributed by atoms with Crippen LogP contribution in [-0.2, 0) is 9.53 Å². The Kier molecular flexibility index (Phi) is 9.42. The van der Waals surface area contributed by atoms with Crippen LogP contribution in [0.1, 0.15) is 78.1 Å². The molecule has 124 valence electrons. The number of ketones is 1. The highest BCUT2D eigenvalue weighted by molar-refractivity contribution is 14.1. The van der Waals surface area contributed by atoms with Crippen molar-refractivity contribution in [1.29, 1.82) is 0 Å². The van der Waals surface area contributed by atoms with Crippen molar-refractivity contribution in [2.24, 2.45) is 11.3 Å². The number of Topliss-reactive ketones (excluding diaryl/α,β-unsaturated/α-hetero) is 1. The van der Waals surface area contributed by atoms with E-state index in [1.54, 1.807) is 7.11 Å². The van der Waals surface area contributed by atoms with Gasteiger partial charge in [-0.2, -0.15) is 0 Å². The topological polar surface area (TPSA) is 26.3 Å². The summed E-state index contributed by atoms with van der Waals surface area (Å²) in [7, 11) is 1.74. The van der Waals surface area contributed by atoms with Crippen LogP contribution in [0.4, 0.5) is 0 Å². The molecule has 0 N–H and O–H groups in total. The van der Waals surface area contributed by atoms with Crippen LogP contribution in [0.15, 0.2) is 0 Å². The van der Waals surface area contributed by atoms with E-state index >= 15 is 0 Å². The lowest BCUT2D eigenvalue weighted by Gasteiger charge is -2.42. The lowest BCUT2D eigenvalue weighted by Crippen LogP contribution is -2.47. The summed E-state index contributed by atoms with van der Waals surface area (Å²) in [6.45, 7) is 5.10. The minimum Gasteiger partial charge on any atom is -0.384 e. The number of methoxy groups -OCH3 is 1. The molecule has 0 aromatic heterocycles. The number of ether oxygens (including phenoxy) is 1. The van der Waals surface area contributed by atoms with E-state index in [1.807, 2.05) is 0 Å². The SMILES string of the molecule is CCCCCCCC(I)C(=O)C1(COC)CCCCC1C. The van der Waals surface area contributed by atoms with Crippen molar-refractivity contribution in [3.63, 3.8) is 0 Å². The monoisotopic (exact) mass is 408 g/mol. The number of hydrogen-bond acceptors (Lipinski definition) is 2. The van der Waals surface area contributed by atoms with Gasteiger partial charge in [-0.25, -0.2) is 0 Å². The Morgan fingerprint density at radius 2 is 2.00 bits per heavy atom. The molecular formula is C18H33IO2. The number of carbonyl (C=O) groups excluding carboxylic acids is 1. The van der Waals surface area contributed by atoms with Gasteiger partial charge >= 0.3 is 0 Å². The lowest BCUT2D eigenvalue weighted by atomic mass is 9.64. The first kappa shape index (κ1) is 19.4. The molecule has 1 saturated carbocycles. The summed E-state index contributed by atoms with van der Waals surface area (Å²) in [4.78, 5) is 13.1. The maximum absolute atomic E-state index is 13.1. The molecule has 3 unspecified atom stereocenters. The smallest absolute Gasteiger partial charge is 0.154 e. The Morgan fingerprint density at radius 1 is 1.29 bits per heavy atom. The highest BCUT2D eigenvalue weighted by Gasteiger charge is 2.46. The first-order chi connectivity index (χ1) is 10.1. The summed E-state index contributed by atoms with van der Waals surface area (Å²) >= 11 is 2.39. The molecule has 1 rings (SSSR count). The number of rotatable bonds is 10. The molecule has 0 heterocycles. The molecule has 0 bridgehead atoms. The molecular weight excluding hydrogens is 375 g/mol. The van der Waals surface area contributed by atoms with Gasteiger partial charge in [0.2, 0.25) is 0 Å². The summed E-state index contributed by atoms with van der Waals surface area (Å²) in [5.41, 5.74) is -0.206. The quantitative estimate of drug-likeness (QED) is 0.269. The molecule has 0 saturated heterocycles. The van der Waals surface area contributed by atoms with E-state index < -0.39 is 0 Å². The molecule has 1 fully saturated rings. The molecule has 0 radical (unpaired) electrons. The Hall–Kier alpha value is 0.360. The van der Waals surface area contributed by atoms with Gasteiger partial charge in [0.1, 0.15) is 0 Å². The van der Waals surface area contributed by atoms with Gasteiger partial charge in [-0.1, -0.05) is 81.4 Å². The Morgan fingerprint density at radius 3 is 2.62 bits per heavy atom. The molecule has 0 spiro atoms. The number of hydrogen-bond donors (Lipinski definition) is 0. The van der Waals surface area contributed by atoms with Gasteiger partial charge in [0.05, 0.1) is 15.9 Å². The predicted octanol–water partition coefficient (Wildman–Crippen LogP) is 5.56. The van der Waals surface area contributed by atoms with E-state index in [1.165, 1.54) is 51.4 Å². The molecule has 3 atom stereocenters. The fourth-order valence-electron chi connectivity index (χ4n) is 3.69. The zero-order chi connectivity index (χ0) is 15.7. The van der Waals surface area contributed by atoms with E-state index in [0.717, 1.165) is 12.8 Å². The van der Waals surface area contributed by atoms with Crippen molar-refractivity contribution in [3.05, 3.63) is 0 Å². The van der Waals surface area contributed by atoms with Crippen LogP contribution in [0.5, 0.6) is 0 Å². The summed E-state index contributed by atoms with van der Waals surface area (Å²) < 4.78 is 5.63. The van der Waals surface area contributed by atoms with E-state index in [2.05, 4.69) is 36.4 Å². The molecule has 2 nitrogen and oxygen atoms in total. The first-order valence-electron chi connectivity index (χ1n) is 8.75. The second-order valence-electron chi connectivity index (χ2n) is 6.77. The fourth-order valence-corrected chi connectivity index (χ4v) is 4.75. The standard InChI is InChI=1S/C18H33IO2/c1-4-5-6-7-8-12-16(19)17(20)18(14-21-3)13-10-9-11-15(18)2/h15-16H,4-14H2,1-3H3. The van der Waals surface area contributed by atoms with Gasteiger partial charge in [0.25, 0.3) is 0 Å². The summed E-state index contributed by atoms with van der Waals surface area (Å²) in [6, 6.07) is 0. The number of alkyl halides is 1. The number of halogens is 1. The van der Waals surface area contributed by atoms with Gasteiger partial charge in [0.15, 0.2) is 5.78 Å². The normalized spacial score (nSPS) is 27.5. The second kappa shape index (κ2) is 10.2. The predicted molar refractivity (Wildman–Crippen MR) is 98.1 cm³/mol. The van der Waals surface area contributed by atoms with Crippen LogP contribution in [0.3, 0.4) is 0 Å². The van der Waals surface area contributed by atoms with Crippen LogP contribution in [0.2, 0.25) is 0 Å².